The van der Waals surface area contributed by atoms with Gasteiger partial charge in [-0.15, -0.1) is 11.3 Å². The summed E-state index contributed by atoms with van der Waals surface area (Å²) in [6.07, 6.45) is 0. The lowest BCUT2D eigenvalue weighted by molar-refractivity contribution is -0.125. The van der Waals surface area contributed by atoms with Crippen molar-refractivity contribution in [2.75, 3.05) is 18.1 Å². The van der Waals surface area contributed by atoms with Gasteiger partial charge in [0.1, 0.15) is 17.3 Å². The van der Waals surface area contributed by atoms with E-state index in [0.717, 1.165) is 21.8 Å². The average Bonchev–Trinajstić information content (AvgIpc) is 3.20. The summed E-state index contributed by atoms with van der Waals surface area (Å²) in [4.78, 5) is 29.9. The number of fused-ring (bicyclic) bond motifs is 1. The summed E-state index contributed by atoms with van der Waals surface area (Å²) in [6.45, 7) is -0.277. The highest BCUT2D eigenvalue weighted by atomic mass is 32.1. The molecule has 0 bridgehead atoms. The minimum atomic E-state index is -0.457. The van der Waals surface area contributed by atoms with Gasteiger partial charge in [0.25, 0.3) is 11.8 Å². The number of aromatic nitrogens is 1. The topological polar surface area (TPSA) is 97.6 Å². The molecule has 1 aliphatic rings. The first-order chi connectivity index (χ1) is 13.2. The molecule has 0 unspecified atom stereocenters. The largest absolute Gasteiger partial charge is 0.482 e. The van der Waals surface area contributed by atoms with Crippen LogP contribution in [0.1, 0.15) is 0 Å². The molecule has 1 aliphatic heterocycles. The van der Waals surface area contributed by atoms with Crippen LogP contribution >= 0.6 is 11.3 Å². The van der Waals surface area contributed by atoms with Crippen LogP contribution < -0.4 is 20.9 Å². The summed E-state index contributed by atoms with van der Waals surface area (Å²) in [5, 5.41) is 2.88. The summed E-state index contributed by atoms with van der Waals surface area (Å²) < 4.78 is 5.47. The minimum Gasteiger partial charge on any atom is -0.482 e. The van der Waals surface area contributed by atoms with Gasteiger partial charge in [0, 0.05) is 16.5 Å². The second kappa shape index (κ2) is 7.18. The molecule has 136 valence electrons. The number of hydrogen-bond acceptors (Lipinski definition) is 6. The van der Waals surface area contributed by atoms with E-state index in [1.165, 1.54) is 4.90 Å². The number of carbonyl (C=O) groups excluding carboxylic acids is 2. The number of thiazole rings is 1. The van der Waals surface area contributed by atoms with Gasteiger partial charge in [-0.3, -0.25) is 19.9 Å². The van der Waals surface area contributed by atoms with Crippen LogP contribution in [0.5, 0.6) is 5.75 Å². The molecule has 3 aromatic rings. The van der Waals surface area contributed by atoms with Crippen LogP contribution in [-0.2, 0) is 9.59 Å². The Morgan fingerprint density at radius 1 is 1.22 bits per heavy atom. The van der Waals surface area contributed by atoms with E-state index in [1.54, 1.807) is 23.5 Å². The maximum Gasteiger partial charge on any atom is 0.265 e. The average molecular weight is 380 g/mol. The Morgan fingerprint density at radius 3 is 2.81 bits per heavy atom. The van der Waals surface area contributed by atoms with Gasteiger partial charge in [0.05, 0.1) is 11.4 Å². The predicted molar refractivity (Wildman–Crippen MR) is 103 cm³/mol. The SMILES string of the molecule is NNC(=O)CN1C(=O)COc2ccc(-c3csc(-c4ccccc4)n3)cc21. The number of amides is 2. The predicted octanol–water partition coefficient (Wildman–Crippen LogP) is 2.19. The molecule has 2 heterocycles. The molecule has 3 N–H and O–H groups in total. The van der Waals surface area contributed by atoms with Crippen molar-refractivity contribution < 1.29 is 14.3 Å². The van der Waals surface area contributed by atoms with Crippen LogP contribution in [0.4, 0.5) is 5.69 Å². The van der Waals surface area contributed by atoms with Gasteiger partial charge in [-0.25, -0.2) is 10.8 Å². The van der Waals surface area contributed by atoms with Gasteiger partial charge in [-0.2, -0.15) is 0 Å². The molecule has 0 fully saturated rings. The number of hydrazine groups is 1. The zero-order chi connectivity index (χ0) is 18.8. The standard InChI is InChI=1S/C19H16N4O3S/c20-22-17(24)9-23-15-8-13(6-7-16(15)26-10-18(23)25)14-11-27-19(21-14)12-4-2-1-3-5-12/h1-8,11H,9-10,20H2,(H,22,24). The van der Waals surface area contributed by atoms with E-state index >= 15 is 0 Å². The van der Waals surface area contributed by atoms with Crippen molar-refractivity contribution in [1.29, 1.82) is 0 Å². The molecule has 0 saturated carbocycles. The van der Waals surface area contributed by atoms with Crippen LogP contribution in [-0.4, -0.2) is 29.9 Å². The summed E-state index contributed by atoms with van der Waals surface area (Å²) in [5.74, 6) is 4.94. The van der Waals surface area contributed by atoms with Gasteiger partial charge in [0.2, 0.25) is 0 Å². The molecule has 0 radical (unpaired) electrons. The first-order valence-electron chi connectivity index (χ1n) is 8.23. The molecule has 4 rings (SSSR count). The lowest BCUT2D eigenvalue weighted by atomic mass is 10.1. The number of benzene rings is 2. The Morgan fingerprint density at radius 2 is 2.04 bits per heavy atom. The second-order valence-corrected chi connectivity index (χ2v) is 6.78. The molecule has 8 heteroatoms. The Balaban J connectivity index is 1.69. The van der Waals surface area contributed by atoms with Crippen LogP contribution in [0, 0.1) is 0 Å². The summed E-state index contributed by atoms with van der Waals surface area (Å²) >= 11 is 1.55. The molecular formula is C19H16N4O3S. The van der Waals surface area contributed by atoms with E-state index < -0.39 is 5.91 Å². The molecule has 0 atom stereocenters. The fourth-order valence-corrected chi connectivity index (χ4v) is 3.68. The van der Waals surface area contributed by atoms with Crippen molar-refractivity contribution in [2.24, 2.45) is 5.84 Å². The summed E-state index contributed by atoms with van der Waals surface area (Å²) in [7, 11) is 0. The Kier molecular flexibility index (Phi) is 4.57. The highest BCUT2D eigenvalue weighted by Crippen LogP contribution is 2.37. The molecule has 0 spiro atoms. The molecular weight excluding hydrogens is 364 g/mol. The summed E-state index contributed by atoms with van der Waals surface area (Å²) in [5.41, 5.74) is 5.26. The molecule has 0 aliphatic carbocycles. The van der Waals surface area contributed by atoms with Crippen LogP contribution in [0.15, 0.2) is 53.9 Å². The monoisotopic (exact) mass is 380 g/mol. The number of hydrogen-bond donors (Lipinski definition) is 2. The maximum absolute atomic E-state index is 12.2. The van der Waals surface area contributed by atoms with Crippen molar-refractivity contribution in [2.45, 2.75) is 0 Å². The number of anilines is 1. The first-order valence-corrected chi connectivity index (χ1v) is 9.11. The van der Waals surface area contributed by atoms with E-state index in [-0.39, 0.29) is 19.1 Å². The highest BCUT2D eigenvalue weighted by Gasteiger charge is 2.27. The number of nitrogens with zero attached hydrogens (tertiary/aromatic N) is 2. The van der Waals surface area contributed by atoms with Gasteiger partial charge < -0.3 is 4.74 Å². The second-order valence-electron chi connectivity index (χ2n) is 5.92. The number of ether oxygens (including phenoxy) is 1. The zero-order valence-corrected chi connectivity index (χ0v) is 15.0. The molecule has 0 saturated heterocycles. The molecule has 2 aromatic carbocycles. The van der Waals surface area contributed by atoms with E-state index in [2.05, 4.69) is 0 Å². The highest BCUT2D eigenvalue weighted by molar-refractivity contribution is 7.13. The molecule has 1 aromatic heterocycles. The molecule has 2 amide bonds. The van der Waals surface area contributed by atoms with E-state index in [0.29, 0.717) is 11.4 Å². The minimum absolute atomic E-state index is 0.112. The van der Waals surface area contributed by atoms with Gasteiger partial charge in [0.15, 0.2) is 6.61 Å². The Bertz CT molecular complexity index is 1000. The number of rotatable bonds is 4. The lowest BCUT2D eigenvalue weighted by Crippen LogP contribution is -2.46. The fraction of sp³-hybridized carbons (Fsp3) is 0.105. The number of nitrogens with one attached hydrogen (secondary N) is 1. The number of carbonyl (C=O) groups is 2. The Labute approximate surface area is 159 Å². The third-order valence-corrected chi connectivity index (χ3v) is 5.08. The van der Waals surface area contributed by atoms with Crippen molar-refractivity contribution in [3.8, 4) is 27.6 Å². The van der Waals surface area contributed by atoms with Crippen molar-refractivity contribution in [3.63, 3.8) is 0 Å². The van der Waals surface area contributed by atoms with Crippen molar-refractivity contribution >= 4 is 28.8 Å². The van der Waals surface area contributed by atoms with Gasteiger partial charge in [-0.1, -0.05) is 30.3 Å². The van der Waals surface area contributed by atoms with Gasteiger partial charge in [-0.05, 0) is 18.2 Å². The number of nitrogens with two attached hydrogens (primary N) is 1. The van der Waals surface area contributed by atoms with Crippen LogP contribution in [0.25, 0.3) is 21.8 Å². The smallest absolute Gasteiger partial charge is 0.265 e. The Hall–Kier alpha value is -3.23. The normalized spacial score (nSPS) is 13.1. The molecule has 7 nitrogen and oxygen atoms in total. The van der Waals surface area contributed by atoms with Crippen LogP contribution in [0.3, 0.4) is 0 Å². The van der Waals surface area contributed by atoms with E-state index in [1.807, 2.05) is 47.2 Å². The fourth-order valence-electron chi connectivity index (χ4n) is 2.84. The third kappa shape index (κ3) is 3.40. The van der Waals surface area contributed by atoms with E-state index in [9.17, 15) is 9.59 Å². The summed E-state index contributed by atoms with van der Waals surface area (Å²) in [6, 6.07) is 15.4. The van der Waals surface area contributed by atoms with Crippen molar-refractivity contribution in [1.82, 2.24) is 10.4 Å². The van der Waals surface area contributed by atoms with E-state index in [4.69, 9.17) is 15.6 Å². The first kappa shape index (κ1) is 17.2. The quantitative estimate of drug-likeness (QED) is 0.411. The van der Waals surface area contributed by atoms with Crippen molar-refractivity contribution in [3.05, 3.63) is 53.9 Å². The van der Waals surface area contributed by atoms with Crippen LogP contribution in [0.2, 0.25) is 0 Å². The third-order valence-electron chi connectivity index (χ3n) is 4.19. The lowest BCUT2D eigenvalue weighted by Gasteiger charge is -2.29. The molecule has 27 heavy (non-hydrogen) atoms. The zero-order valence-electron chi connectivity index (χ0n) is 14.2. The van der Waals surface area contributed by atoms with Gasteiger partial charge >= 0.3 is 0 Å². The maximum atomic E-state index is 12.2.